The molecule has 5 heteroatoms. The summed E-state index contributed by atoms with van der Waals surface area (Å²) in [6.45, 7) is 4.91. The molecule has 0 aromatic heterocycles. The van der Waals surface area contributed by atoms with Crippen LogP contribution in [0.25, 0.3) is 0 Å². The molecule has 0 unspecified atom stereocenters. The Labute approximate surface area is 147 Å². The largest absolute Gasteiger partial charge is 0.417 e. The highest BCUT2D eigenvalue weighted by molar-refractivity contribution is 5.87. The van der Waals surface area contributed by atoms with Crippen LogP contribution in [-0.2, 0) is 10.2 Å². The van der Waals surface area contributed by atoms with E-state index in [1.54, 1.807) is 0 Å². The van der Waals surface area contributed by atoms with Crippen LogP contribution in [0.3, 0.4) is 0 Å². The van der Waals surface area contributed by atoms with Gasteiger partial charge in [0.05, 0.1) is 6.61 Å². The highest BCUT2D eigenvalue weighted by Gasteiger charge is 2.50. The molecule has 0 bridgehead atoms. The second kappa shape index (κ2) is 5.77. The van der Waals surface area contributed by atoms with E-state index in [0.29, 0.717) is 5.75 Å². The second-order valence-electron chi connectivity index (χ2n) is 7.01. The number of carbonyl (C=O) groups excluding carboxylic acids is 1. The zero-order valence-electron chi connectivity index (χ0n) is 14.7. The van der Waals surface area contributed by atoms with Gasteiger partial charge in [-0.3, -0.25) is 5.32 Å². The highest BCUT2D eigenvalue weighted by atomic mass is 16.6. The molecule has 2 aromatic rings. The standard InChI is InChI=1S/C20H22N2O3/c1-13-6-4-5-7-16(13)21-19(23)25-14-8-9-17-15(12-14)20(2)10-11-24-18(20)22(17)3/h4-9,12,18H,10-11H2,1-3H3,(H,21,23)/t18-,20-/m1/s1. The molecular weight excluding hydrogens is 316 g/mol. The first kappa shape index (κ1) is 16.0. The van der Waals surface area contributed by atoms with Crippen molar-refractivity contribution in [1.29, 1.82) is 0 Å². The van der Waals surface area contributed by atoms with Crippen LogP contribution in [-0.4, -0.2) is 26.0 Å². The molecular formula is C20H22N2O3. The molecule has 0 aliphatic carbocycles. The van der Waals surface area contributed by atoms with Crippen molar-refractivity contribution in [3.05, 3.63) is 53.6 Å². The molecule has 0 radical (unpaired) electrons. The molecule has 2 aliphatic heterocycles. The van der Waals surface area contributed by atoms with E-state index in [4.69, 9.17) is 9.47 Å². The first-order valence-corrected chi connectivity index (χ1v) is 8.52. The molecule has 5 nitrogen and oxygen atoms in total. The molecule has 1 N–H and O–H groups in total. The second-order valence-corrected chi connectivity index (χ2v) is 7.01. The lowest BCUT2D eigenvalue weighted by Gasteiger charge is -2.26. The Bertz CT molecular complexity index is 835. The number of para-hydroxylation sites is 1. The summed E-state index contributed by atoms with van der Waals surface area (Å²) in [6, 6.07) is 13.4. The van der Waals surface area contributed by atoms with Crippen LogP contribution in [0, 0.1) is 6.92 Å². The van der Waals surface area contributed by atoms with Gasteiger partial charge in [0.15, 0.2) is 0 Å². The third kappa shape index (κ3) is 2.55. The molecule has 2 aliphatic rings. The smallest absolute Gasteiger partial charge is 0.410 e. The topological polar surface area (TPSA) is 50.8 Å². The van der Waals surface area contributed by atoms with Gasteiger partial charge in [-0.05, 0) is 48.7 Å². The lowest BCUT2D eigenvalue weighted by atomic mass is 9.82. The molecule has 2 aromatic carbocycles. The number of hydrogen-bond acceptors (Lipinski definition) is 4. The number of likely N-dealkylation sites (N-methyl/N-ethyl adjacent to an activating group) is 1. The van der Waals surface area contributed by atoms with Crippen molar-refractivity contribution in [1.82, 2.24) is 0 Å². The predicted octanol–water partition coefficient (Wildman–Crippen LogP) is 4.06. The number of aryl methyl sites for hydroxylation is 1. The Morgan fingerprint density at radius 2 is 2.12 bits per heavy atom. The maximum atomic E-state index is 12.2. The zero-order valence-corrected chi connectivity index (χ0v) is 14.7. The predicted molar refractivity (Wildman–Crippen MR) is 97.4 cm³/mol. The summed E-state index contributed by atoms with van der Waals surface area (Å²) in [5.41, 5.74) is 4.01. The van der Waals surface area contributed by atoms with Gasteiger partial charge in [0, 0.05) is 23.8 Å². The summed E-state index contributed by atoms with van der Waals surface area (Å²) in [6.07, 6.45) is 0.539. The minimum absolute atomic E-state index is 0.0542. The zero-order chi connectivity index (χ0) is 17.6. The highest BCUT2D eigenvalue weighted by Crippen LogP contribution is 2.51. The maximum absolute atomic E-state index is 12.2. The summed E-state index contributed by atoms with van der Waals surface area (Å²) in [5.74, 6) is 0.548. The van der Waals surface area contributed by atoms with Crippen LogP contribution >= 0.6 is 0 Å². The summed E-state index contributed by atoms with van der Waals surface area (Å²) in [4.78, 5) is 14.4. The Balaban J connectivity index is 1.55. The van der Waals surface area contributed by atoms with Crippen molar-refractivity contribution in [3.8, 4) is 5.75 Å². The number of fused-ring (bicyclic) bond motifs is 3. The number of anilines is 2. The molecule has 0 spiro atoms. The number of rotatable bonds is 2. The average Bonchev–Trinajstić information content (AvgIpc) is 3.07. The van der Waals surface area contributed by atoms with E-state index >= 15 is 0 Å². The number of carbonyl (C=O) groups is 1. The van der Waals surface area contributed by atoms with Gasteiger partial charge in [-0.1, -0.05) is 25.1 Å². The van der Waals surface area contributed by atoms with Crippen molar-refractivity contribution in [2.45, 2.75) is 31.9 Å². The van der Waals surface area contributed by atoms with E-state index in [-0.39, 0.29) is 11.6 Å². The molecule has 2 heterocycles. The van der Waals surface area contributed by atoms with Crippen molar-refractivity contribution >= 4 is 17.5 Å². The molecule has 1 saturated heterocycles. The molecule has 1 fully saturated rings. The van der Waals surface area contributed by atoms with Crippen LogP contribution < -0.4 is 15.0 Å². The Morgan fingerprint density at radius 3 is 2.92 bits per heavy atom. The quantitative estimate of drug-likeness (QED) is 0.897. The number of hydrogen-bond donors (Lipinski definition) is 1. The van der Waals surface area contributed by atoms with Gasteiger partial charge in [0.2, 0.25) is 0 Å². The van der Waals surface area contributed by atoms with Crippen LogP contribution in [0.1, 0.15) is 24.5 Å². The molecule has 25 heavy (non-hydrogen) atoms. The number of nitrogens with zero attached hydrogens (tertiary/aromatic N) is 1. The molecule has 4 rings (SSSR count). The van der Waals surface area contributed by atoms with E-state index < -0.39 is 6.09 Å². The first-order chi connectivity index (χ1) is 12.0. The fourth-order valence-electron chi connectivity index (χ4n) is 3.92. The minimum Gasteiger partial charge on any atom is -0.410 e. The third-order valence-corrected chi connectivity index (χ3v) is 5.35. The van der Waals surface area contributed by atoms with E-state index in [1.807, 2.05) is 56.4 Å². The Kier molecular flexibility index (Phi) is 3.69. The molecule has 1 amide bonds. The number of benzene rings is 2. The first-order valence-electron chi connectivity index (χ1n) is 8.52. The normalized spacial score (nSPS) is 24.0. The SMILES string of the molecule is Cc1ccccc1NC(=O)Oc1ccc2c(c1)[C@@]1(C)CCO[C@H]1N2C. The van der Waals surface area contributed by atoms with E-state index in [2.05, 4.69) is 17.1 Å². The minimum atomic E-state index is -0.482. The van der Waals surface area contributed by atoms with Crippen molar-refractivity contribution in [3.63, 3.8) is 0 Å². The van der Waals surface area contributed by atoms with Crippen LogP contribution in [0.2, 0.25) is 0 Å². The van der Waals surface area contributed by atoms with Gasteiger partial charge in [0.1, 0.15) is 12.0 Å². The summed E-state index contributed by atoms with van der Waals surface area (Å²) in [7, 11) is 2.05. The summed E-state index contributed by atoms with van der Waals surface area (Å²) < 4.78 is 11.4. The van der Waals surface area contributed by atoms with Crippen molar-refractivity contribution < 1.29 is 14.3 Å². The summed E-state index contributed by atoms with van der Waals surface area (Å²) in [5, 5.41) is 2.79. The maximum Gasteiger partial charge on any atom is 0.417 e. The monoisotopic (exact) mass is 338 g/mol. The molecule has 2 atom stereocenters. The van der Waals surface area contributed by atoms with Gasteiger partial charge in [0.25, 0.3) is 0 Å². The fourth-order valence-corrected chi connectivity index (χ4v) is 3.92. The van der Waals surface area contributed by atoms with E-state index in [0.717, 1.165) is 30.0 Å². The van der Waals surface area contributed by atoms with Gasteiger partial charge < -0.3 is 14.4 Å². The van der Waals surface area contributed by atoms with Crippen LogP contribution in [0.15, 0.2) is 42.5 Å². The number of amides is 1. The number of ether oxygens (including phenoxy) is 2. The van der Waals surface area contributed by atoms with Gasteiger partial charge in [-0.2, -0.15) is 0 Å². The number of nitrogens with one attached hydrogen (secondary N) is 1. The van der Waals surface area contributed by atoms with Crippen molar-refractivity contribution in [2.75, 3.05) is 23.9 Å². The van der Waals surface area contributed by atoms with E-state index in [9.17, 15) is 4.79 Å². The third-order valence-electron chi connectivity index (χ3n) is 5.35. The average molecular weight is 338 g/mol. The summed E-state index contributed by atoms with van der Waals surface area (Å²) >= 11 is 0. The van der Waals surface area contributed by atoms with Gasteiger partial charge >= 0.3 is 6.09 Å². The Hall–Kier alpha value is -2.53. The molecule has 0 saturated carbocycles. The Morgan fingerprint density at radius 1 is 1.32 bits per heavy atom. The van der Waals surface area contributed by atoms with Crippen LogP contribution in [0.4, 0.5) is 16.2 Å². The van der Waals surface area contributed by atoms with Gasteiger partial charge in [-0.15, -0.1) is 0 Å². The van der Waals surface area contributed by atoms with E-state index in [1.165, 1.54) is 5.56 Å². The lowest BCUT2D eigenvalue weighted by molar-refractivity contribution is 0.0920. The van der Waals surface area contributed by atoms with Crippen molar-refractivity contribution in [2.24, 2.45) is 0 Å². The van der Waals surface area contributed by atoms with Crippen LogP contribution in [0.5, 0.6) is 5.75 Å². The fraction of sp³-hybridized carbons (Fsp3) is 0.350. The molecule has 130 valence electrons. The lowest BCUT2D eigenvalue weighted by Crippen LogP contribution is -2.37. The van der Waals surface area contributed by atoms with Gasteiger partial charge in [-0.25, -0.2) is 4.79 Å².